The molecule has 0 N–H and O–H groups in total. The largest absolute Gasteiger partial charge is 0.295 e. The normalized spacial score (nSPS) is 10.7. The molecule has 2 rings (SSSR count). The summed E-state index contributed by atoms with van der Waals surface area (Å²) in [6.45, 7) is 1.52. The van der Waals surface area contributed by atoms with E-state index in [-0.39, 0.29) is 5.78 Å². The van der Waals surface area contributed by atoms with Gasteiger partial charge in [-0.15, -0.1) is 0 Å². The zero-order valence-corrected chi connectivity index (χ0v) is 11.1. The van der Waals surface area contributed by atoms with Crippen molar-refractivity contribution in [2.24, 2.45) is 0 Å². The molecule has 0 saturated heterocycles. The second-order valence-corrected chi connectivity index (χ2v) is 5.10. The van der Waals surface area contributed by atoms with Gasteiger partial charge in [0.05, 0.1) is 0 Å². The Morgan fingerprint density at radius 2 is 1.42 bits per heavy atom. The first-order valence-corrected chi connectivity index (χ1v) is 6.60. The van der Waals surface area contributed by atoms with Crippen molar-refractivity contribution in [2.75, 3.05) is 0 Å². The summed E-state index contributed by atoms with van der Waals surface area (Å²) in [5.41, 5.74) is 2.56. The van der Waals surface area contributed by atoms with E-state index in [9.17, 15) is 13.6 Å². The van der Waals surface area contributed by atoms with E-state index >= 15 is 0 Å². The molecule has 2 aromatic rings. The van der Waals surface area contributed by atoms with E-state index in [0.717, 1.165) is 11.1 Å². The first kappa shape index (κ1) is 13.7. The first-order valence-electron chi connectivity index (χ1n) is 5.72. The van der Waals surface area contributed by atoms with E-state index < -0.39 is 5.76 Å². The quantitative estimate of drug-likeness (QED) is 0.586. The summed E-state index contributed by atoms with van der Waals surface area (Å²) in [6, 6.07) is 14.2. The molecule has 0 unspecified atom stereocenters. The highest BCUT2D eigenvalue weighted by Gasteiger charge is 2.05. The van der Waals surface area contributed by atoms with Crippen molar-refractivity contribution in [3.8, 4) is 11.1 Å². The number of rotatable bonds is 4. The standard InChI is InChI=1S/C15H12F2OS/c1-10(18)11-2-4-12(5-3-11)13-6-8-14(9-7-13)19-15(16)17/h2-9,15H,1H3. The van der Waals surface area contributed by atoms with E-state index in [1.165, 1.54) is 6.92 Å². The highest BCUT2D eigenvalue weighted by molar-refractivity contribution is 7.99. The van der Waals surface area contributed by atoms with Gasteiger partial charge < -0.3 is 0 Å². The highest BCUT2D eigenvalue weighted by atomic mass is 32.2. The average Bonchev–Trinajstić information content (AvgIpc) is 2.39. The SMILES string of the molecule is CC(=O)c1ccc(-c2ccc(SC(F)F)cc2)cc1. The van der Waals surface area contributed by atoms with Crippen LogP contribution in [0.25, 0.3) is 11.1 Å². The maximum atomic E-state index is 12.2. The van der Waals surface area contributed by atoms with Crippen molar-refractivity contribution < 1.29 is 13.6 Å². The molecule has 0 radical (unpaired) electrons. The third-order valence-electron chi connectivity index (χ3n) is 2.70. The van der Waals surface area contributed by atoms with E-state index in [4.69, 9.17) is 0 Å². The Kier molecular flexibility index (Phi) is 4.32. The van der Waals surface area contributed by atoms with E-state index in [0.29, 0.717) is 22.2 Å². The van der Waals surface area contributed by atoms with Crippen LogP contribution in [0.5, 0.6) is 0 Å². The van der Waals surface area contributed by atoms with Crippen molar-refractivity contribution in [3.05, 3.63) is 54.1 Å². The predicted octanol–water partition coefficient (Wildman–Crippen LogP) is 4.87. The molecule has 0 aliphatic heterocycles. The molecule has 0 atom stereocenters. The van der Waals surface area contributed by atoms with Crippen LogP contribution < -0.4 is 0 Å². The summed E-state index contributed by atoms with van der Waals surface area (Å²) in [7, 11) is 0. The number of benzene rings is 2. The summed E-state index contributed by atoms with van der Waals surface area (Å²) >= 11 is 0.531. The smallest absolute Gasteiger partial charge is 0.288 e. The van der Waals surface area contributed by atoms with Gasteiger partial charge in [-0.3, -0.25) is 4.79 Å². The topological polar surface area (TPSA) is 17.1 Å². The number of thioether (sulfide) groups is 1. The number of hydrogen-bond donors (Lipinski definition) is 0. The van der Waals surface area contributed by atoms with Crippen molar-refractivity contribution in [1.29, 1.82) is 0 Å². The van der Waals surface area contributed by atoms with Crippen molar-refractivity contribution >= 4 is 17.5 Å². The zero-order chi connectivity index (χ0) is 13.8. The summed E-state index contributed by atoms with van der Waals surface area (Å²) in [5, 5.41) is 0. The van der Waals surface area contributed by atoms with Crippen molar-refractivity contribution in [3.63, 3.8) is 0 Å². The lowest BCUT2D eigenvalue weighted by Gasteiger charge is -2.05. The lowest BCUT2D eigenvalue weighted by atomic mass is 10.0. The molecule has 19 heavy (non-hydrogen) atoms. The number of carbonyl (C=O) groups excluding carboxylic acids is 1. The molecule has 0 aromatic heterocycles. The molecule has 0 bridgehead atoms. The second kappa shape index (κ2) is 5.97. The molecule has 2 aromatic carbocycles. The van der Waals surface area contributed by atoms with Gasteiger partial charge in [-0.05, 0) is 30.2 Å². The fourth-order valence-electron chi connectivity index (χ4n) is 1.73. The first-order chi connectivity index (χ1) is 9.06. The van der Waals surface area contributed by atoms with Gasteiger partial charge >= 0.3 is 0 Å². The Labute approximate surface area is 114 Å². The zero-order valence-electron chi connectivity index (χ0n) is 10.3. The number of halogens is 2. The minimum absolute atomic E-state index is 0.0234. The van der Waals surface area contributed by atoms with Gasteiger partial charge in [0.15, 0.2) is 5.78 Å². The van der Waals surface area contributed by atoms with E-state index in [1.54, 1.807) is 36.4 Å². The van der Waals surface area contributed by atoms with Crippen LogP contribution in [0.2, 0.25) is 0 Å². The van der Waals surface area contributed by atoms with Gasteiger partial charge in [0.1, 0.15) is 0 Å². The third-order valence-corrected chi connectivity index (χ3v) is 3.43. The van der Waals surface area contributed by atoms with Gasteiger partial charge in [-0.25, -0.2) is 0 Å². The molecule has 0 aliphatic carbocycles. The summed E-state index contributed by atoms with van der Waals surface area (Å²) in [4.78, 5) is 11.7. The lowest BCUT2D eigenvalue weighted by Crippen LogP contribution is -1.90. The minimum Gasteiger partial charge on any atom is -0.295 e. The Morgan fingerprint density at radius 1 is 0.947 bits per heavy atom. The Balaban J connectivity index is 2.19. The van der Waals surface area contributed by atoms with Gasteiger partial charge in [-0.2, -0.15) is 8.78 Å². The molecule has 0 spiro atoms. The van der Waals surface area contributed by atoms with Gasteiger partial charge in [0.25, 0.3) is 5.76 Å². The number of hydrogen-bond acceptors (Lipinski definition) is 2. The fourth-order valence-corrected chi connectivity index (χ4v) is 2.23. The minimum atomic E-state index is -2.40. The molecule has 1 nitrogen and oxygen atoms in total. The lowest BCUT2D eigenvalue weighted by molar-refractivity contribution is 0.101. The Morgan fingerprint density at radius 3 is 1.84 bits per heavy atom. The fraction of sp³-hybridized carbons (Fsp3) is 0.133. The number of ketones is 1. The number of Topliss-reactive ketones (excluding diaryl/α,β-unsaturated/α-hetero) is 1. The summed E-state index contributed by atoms with van der Waals surface area (Å²) in [5.74, 6) is -2.38. The van der Waals surface area contributed by atoms with Crippen LogP contribution in [0, 0.1) is 0 Å². The van der Waals surface area contributed by atoms with Crippen LogP contribution in [0.15, 0.2) is 53.4 Å². The monoisotopic (exact) mass is 278 g/mol. The Hall–Kier alpha value is -1.68. The van der Waals surface area contributed by atoms with E-state index in [1.807, 2.05) is 12.1 Å². The van der Waals surface area contributed by atoms with Crippen LogP contribution >= 0.6 is 11.8 Å². The van der Waals surface area contributed by atoms with Crippen molar-refractivity contribution in [2.45, 2.75) is 17.6 Å². The van der Waals surface area contributed by atoms with Gasteiger partial charge in [0, 0.05) is 10.5 Å². The molecule has 0 aliphatic rings. The van der Waals surface area contributed by atoms with Crippen LogP contribution in [-0.2, 0) is 0 Å². The highest BCUT2D eigenvalue weighted by Crippen LogP contribution is 2.28. The summed E-state index contributed by atoms with van der Waals surface area (Å²) in [6.07, 6.45) is 0. The van der Waals surface area contributed by atoms with Gasteiger partial charge in [0.2, 0.25) is 0 Å². The molecular weight excluding hydrogens is 266 g/mol. The average molecular weight is 278 g/mol. The number of carbonyl (C=O) groups is 1. The molecule has 0 saturated carbocycles. The van der Waals surface area contributed by atoms with Gasteiger partial charge in [-0.1, -0.05) is 48.2 Å². The second-order valence-electron chi connectivity index (χ2n) is 4.04. The molecular formula is C15H12F2OS. The molecule has 0 amide bonds. The van der Waals surface area contributed by atoms with Crippen LogP contribution in [0.4, 0.5) is 8.78 Å². The maximum Gasteiger partial charge on any atom is 0.288 e. The molecule has 0 fully saturated rings. The summed E-state index contributed by atoms with van der Waals surface area (Å²) < 4.78 is 24.4. The van der Waals surface area contributed by atoms with Crippen molar-refractivity contribution in [1.82, 2.24) is 0 Å². The Bertz CT molecular complexity index is 562. The molecule has 0 heterocycles. The molecule has 98 valence electrons. The van der Waals surface area contributed by atoms with E-state index in [2.05, 4.69) is 0 Å². The maximum absolute atomic E-state index is 12.2. The molecule has 4 heteroatoms. The van der Waals surface area contributed by atoms with Crippen LogP contribution in [-0.4, -0.2) is 11.5 Å². The van der Waals surface area contributed by atoms with Crippen LogP contribution in [0.1, 0.15) is 17.3 Å². The third kappa shape index (κ3) is 3.64. The predicted molar refractivity (Wildman–Crippen MR) is 73.7 cm³/mol. The van der Waals surface area contributed by atoms with Crippen LogP contribution in [0.3, 0.4) is 0 Å². The number of alkyl halides is 2.